The molecule has 0 atom stereocenters. The Morgan fingerprint density at radius 2 is 1.73 bits per heavy atom. The molecule has 0 nitrogen and oxygen atoms in total. The zero-order valence-electron chi connectivity index (χ0n) is 13.7. The first kappa shape index (κ1) is 15.9. The second-order valence-corrected chi connectivity index (χ2v) is 5.42. The highest BCUT2D eigenvalue weighted by Gasteiger charge is 1.99. The van der Waals surface area contributed by atoms with Crippen LogP contribution in [0.2, 0.25) is 0 Å². The molecule has 0 saturated heterocycles. The molecule has 0 aliphatic rings. The highest BCUT2D eigenvalue weighted by Crippen LogP contribution is 2.12. The molecule has 2 aromatic carbocycles. The average Bonchev–Trinajstić information content (AvgIpc) is 2.54. The molecular weight excluding hydrogens is 264 g/mol. The summed E-state index contributed by atoms with van der Waals surface area (Å²) in [6.07, 6.45) is 3.52. The van der Waals surface area contributed by atoms with Gasteiger partial charge in [0.25, 0.3) is 0 Å². The third-order valence-electron chi connectivity index (χ3n) is 3.64. The number of benzene rings is 2. The monoisotopic (exact) mass is 286 g/mol. The summed E-state index contributed by atoms with van der Waals surface area (Å²) >= 11 is 0. The molecule has 0 unspecified atom stereocenters. The van der Waals surface area contributed by atoms with E-state index in [0.29, 0.717) is 0 Å². The molecule has 110 valence electrons. The summed E-state index contributed by atoms with van der Waals surface area (Å²) < 4.78 is 0. The van der Waals surface area contributed by atoms with Gasteiger partial charge in [-0.2, -0.15) is 0 Å². The minimum Gasteiger partial charge on any atom is -0.101 e. The van der Waals surface area contributed by atoms with Crippen LogP contribution >= 0.6 is 0 Å². The van der Waals surface area contributed by atoms with E-state index in [9.17, 15) is 0 Å². The van der Waals surface area contributed by atoms with Crippen LogP contribution in [0.4, 0.5) is 0 Å². The smallest absolute Gasteiger partial charge is 0.0281 e. The molecule has 0 fully saturated rings. The van der Waals surface area contributed by atoms with E-state index in [-0.39, 0.29) is 0 Å². The fourth-order valence-corrected chi connectivity index (χ4v) is 2.38. The first-order valence-corrected chi connectivity index (χ1v) is 7.88. The maximum Gasteiger partial charge on any atom is 0.0281 e. The van der Waals surface area contributed by atoms with Gasteiger partial charge in [0.2, 0.25) is 0 Å². The number of rotatable bonds is 3. The van der Waals surface area contributed by atoms with E-state index >= 15 is 0 Å². The Morgan fingerprint density at radius 1 is 0.909 bits per heavy atom. The van der Waals surface area contributed by atoms with Crippen molar-refractivity contribution in [3.05, 3.63) is 70.3 Å². The molecule has 0 aliphatic carbocycles. The van der Waals surface area contributed by atoms with Crippen LogP contribution in [0.1, 0.15) is 54.5 Å². The molecule has 2 aromatic rings. The summed E-state index contributed by atoms with van der Waals surface area (Å²) in [7, 11) is 0. The maximum atomic E-state index is 3.33. The molecule has 0 heterocycles. The first-order valence-electron chi connectivity index (χ1n) is 7.88. The van der Waals surface area contributed by atoms with Gasteiger partial charge in [-0.05, 0) is 62.1 Å². The molecule has 0 spiro atoms. The normalized spacial score (nSPS) is 9.41. The summed E-state index contributed by atoms with van der Waals surface area (Å²) in [5, 5.41) is 0. The van der Waals surface area contributed by atoms with Crippen molar-refractivity contribution in [1.82, 2.24) is 0 Å². The van der Waals surface area contributed by atoms with E-state index < -0.39 is 0 Å². The van der Waals surface area contributed by atoms with Gasteiger partial charge < -0.3 is 0 Å². The summed E-state index contributed by atoms with van der Waals surface area (Å²) in [6.45, 7) is 6.16. The Kier molecular flexibility index (Phi) is 5.88. The van der Waals surface area contributed by atoms with Gasteiger partial charge >= 0.3 is 0 Å². The minimum absolute atomic E-state index is 1.05. The van der Waals surface area contributed by atoms with Crippen molar-refractivity contribution >= 4 is 0 Å². The first-order chi connectivity index (χ1) is 10.7. The number of aryl methyl sites for hydroxylation is 2. The number of hydrogen-bond donors (Lipinski definition) is 0. The number of unbranched alkanes of at least 4 members (excludes halogenated alkanes) is 1. The van der Waals surface area contributed by atoms with Crippen molar-refractivity contribution < 1.29 is 0 Å². The van der Waals surface area contributed by atoms with Crippen molar-refractivity contribution in [2.45, 2.75) is 40.0 Å². The third kappa shape index (κ3) is 4.28. The predicted octanol–water partition coefficient (Wildman–Crippen LogP) is 5.11. The van der Waals surface area contributed by atoms with Crippen LogP contribution in [0.5, 0.6) is 0 Å². The van der Waals surface area contributed by atoms with Crippen LogP contribution in [-0.4, -0.2) is 0 Å². The van der Waals surface area contributed by atoms with E-state index in [1.54, 1.807) is 0 Å². The number of hydrogen-bond acceptors (Lipinski definition) is 0. The zero-order valence-corrected chi connectivity index (χ0v) is 13.7. The van der Waals surface area contributed by atoms with Gasteiger partial charge in [0.05, 0.1) is 0 Å². The van der Waals surface area contributed by atoms with Crippen LogP contribution in [0.3, 0.4) is 0 Å². The molecule has 22 heavy (non-hydrogen) atoms. The Morgan fingerprint density at radius 3 is 2.45 bits per heavy atom. The van der Waals surface area contributed by atoms with Crippen LogP contribution in [0.25, 0.3) is 0 Å². The molecule has 0 aliphatic heterocycles. The quantitative estimate of drug-likeness (QED) is 0.688. The van der Waals surface area contributed by atoms with Gasteiger partial charge in [-0.15, -0.1) is 5.92 Å². The Labute approximate surface area is 134 Å². The van der Waals surface area contributed by atoms with E-state index in [4.69, 9.17) is 0 Å². The highest BCUT2D eigenvalue weighted by atomic mass is 14.0. The molecule has 0 N–H and O–H groups in total. The van der Waals surface area contributed by atoms with Crippen molar-refractivity contribution in [1.29, 1.82) is 0 Å². The zero-order chi connectivity index (χ0) is 15.8. The Balaban J connectivity index is 2.26. The molecule has 0 saturated carbocycles. The maximum absolute atomic E-state index is 3.33. The fraction of sp³-hybridized carbons (Fsp3) is 0.273. The van der Waals surface area contributed by atoms with Crippen LogP contribution in [0.15, 0.2) is 42.5 Å². The van der Waals surface area contributed by atoms with Crippen molar-refractivity contribution in [2.24, 2.45) is 0 Å². The average molecular weight is 286 g/mol. The van der Waals surface area contributed by atoms with Crippen molar-refractivity contribution in [3.63, 3.8) is 0 Å². The van der Waals surface area contributed by atoms with E-state index in [2.05, 4.69) is 73.9 Å². The second-order valence-electron chi connectivity index (χ2n) is 5.42. The van der Waals surface area contributed by atoms with Gasteiger partial charge in [0, 0.05) is 16.7 Å². The summed E-state index contributed by atoms with van der Waals surface area (Å²) in [5.74, 6) is 12.7. The fourth-order valence-electron chi connectivity index (χ4n) is 2.38. The molecule has 2 rings (SSSR count). The van der Waals surface area contributed by atoms with Crippen molar-refractivity contribution in [3.8, 4) is 23.7 Å². The van der Waals surface area contributed by atoms with Gasteiger partial charge in [0.15, 0.2) is 0 Å². The molecule has 0 bridgehead atoms. The van der Waals surface area contributed by atoms with E-state index in [0.717, 1.165) is 23.1 Å². The van der Waals surface area contributed by atoms with Crippen LogP contribution < -0.4 is 0 Å². The largest absolute Gasteiger partial charge is 0.101 e. The lowest BCUT2D eigenvalue weighted by Gasteiger charge is -2.03. The SMILES string of the molecule is CC#Cc1ccc(C#Cc2ccccc2CCCC)cc1C. The second kappa shape index (κ2) is 8.11. The topological polar surface area (TPSA) is 0 Å². The van der Waals surface area contributed by atoms with Gasteiger partial charge in [-0.25, -0.2) is 0 Å². The molecular formula is C22H22. The highest BCUT2D eigenvalue weighted by molar-refractivity contribution is 5.50. The Hall–Kier alpha value is -2.44. The minimum atomic E-state index is 1.05. The van der Waals surface area contributed by atoms with Gasteiger partial charge in [-0.3, -0.25) is 0 Å². The Bertz CT molecular complexity index is 758. The lowest BCUT2D eigenvalue weighted by molar-refractivity contribution is 0.794. The third-order valence-corrected chi connectivity index (χ3v) is 3.64. The predicted molar refractivity (Wildman–Crippen MR) is 94.8 cm³/mol. The summed E-state index contributed by atoms with van der Waals surface area (Å²) in [4.78, 5) is 0. The van der Waals surface area contributed by atoms with E-state index in [1.807, 2.05) is 13.0 Å². The molecule has 0 radical (unpaired) electrons. The summed E-state index contributed by atoms with van der Waals surface area (Å²) in [5.41, 5.74) is 5.80. The van der Waals surface area contributed by atoms with Gasteiger partial charge in [0.1, 0.15) is 0 Å². The lowest BCUT2D eigenvalue weighted by Crippen LogP contribution is -1.90. The van der Waals surface area contributed by atoms with Crippen LogP contribution in [0, 0.1) is 30.6 Å². The molecule has 0 aromatic heterocycles. The summed E-state index contributed by atoms with van der Waals surface area (Å²) in [6, 6.07) is 14.7. The van der Waals surface area contributed by atoms with E-state index in [1.165, 1.54) is 24.0 Å². The standard InChI is InChI=1S/C22H22/c1-4-6-10-21-11-7-8-12-22(21)16-14-19-13-15-20(9-5-2)18(3)17-19/h7-8,11-13,15,17H,4,6,10H2,1-3H3. The molecule has 0 heteroatoms. The van der Waals surface area contributed by atoms with Crippen molar-refractivity contribution in [2.75, 3.05) is 0 Å². The van der Waals surface area contributed by atoms with Gasteiger partial charge in [-0.1, -0.05) is 49.3 Å². The molecule has 0 amide bonds. The van der Waals surface area contributed by atoms with Crippen LogP contribution in [-0.2, 0) is 6.42 Å². The lowest BCUT2D eigenvalue weighted by atomic mass is 10.0.